The third kappa shape index (κ3) is 4.73. The molecule has 118 valence electrons. The third-order valence-electron chi connectivity index (χ3n) is 2.89. The van der Waals surface area contributed by atoms with Gasteiger partial charge in [-0.3, -0.25) is 0 Å². The quantitative estimate of drug-likeness (QED) is 0.909. The molecule has 0 aliphatic rings. The molecule has 1 aromatic heterocycles. The largest absolute Gasteiger partial charge is 0.491 e. The third-order valence-corrected chi connectivity index (χ3v) is 3.71. The Kier molecular flexibility index (Phi) is 5.38. The molecule has 22 heavy (non-hydrogen) atoms. The van der Waals surface area contributed by atoms with Crippen molar-refractivity contribution < 1.29 is 9.53 Å². The number of thiazole rings is 1. The number of amides is 2. The molecule has 0 bridgehead atoms. The van der Waals surface area contributed by atoms with E-state index in [-0.39, 0.29) is 12.1 Å². The van der Waals surface area contributed by atoms with Crippen molar-refractivity contribution in [2.75, 3.05) is 12.4 Å². The molecule has 0 aliphatic carbocycles. The monoisotopic (exact) mass is 319 g/mol. The van der Waals surface area contributed by atoms with Gasteiger partial charge in [0.1, 0.15) is 5.75 Å². The summed E-state index contributed by atoms with van der Waals surface area (Å²) in [6.45, 7) is 6.40. The van der Waals surface area contributed by atoms with Crippen LogP contribution in [0.25, 0.3) is 0 Å². The van der Waals surface area contributed by atoms with Crippen molar-refractivity contribution in [2.24, 2.45) is 0 Å². The lowest BCUT2D eigenvalue weighted by Crippen LogP contribution is -2.30. The van der Waals surface area contributed by atoms with Crippen molar-refractivity contribution in [2.45, 2.75) is 33.4 Å². The number of benzene rings is 1. The molecular formula is C16H21N3O2S. The second-order valence-electron chi connectivity index (χ2n) is 5.34. The summed E-state index contributed by atoms with van der Waals surface area (Å²) in [7, 11) is 1.75. The predicted molar refractivity (Wildman–Crippen MR) is 89.5 cm³/mol. The number of aromatic nitrogens is 1. The maximum atomic E-state index is 12.1. The number of aryl methyl sites for hydroxylation is 1. The highest BCUT2D eigenvalue weighted by molar-refractivity contribution is 7.09. The van der Waals surface area contributed by atoms with E-state index in [0.29, 0.717) is 6.54 Å². The first-order valence-corrected chi connectivity index (χ1v) is 8.02. The Morgan fingerprint density at radius 1 is 1.36 bits per heavy atom. The van der Waals surface area contributed by atoms with Crippen molar-refractivity contribution >= 4 is 23.1 Å². The van der Waals surface area contributed by atoms with Crippen LogP contribution in [0.2, 0.25) is 0 Å². The summed E-state index contributed by atoms with van der Waals surface area (Å²) >= 11 is 1.59. The predicted octanol–water partition coefficient (Wildman–Crippen LogP) is 3.90. The second kappa shape index (κ2) is 7.26. The second-order valence-corrected chi connectivity index (χ2v) is 6.40. The fraction of sp³-hybridized carbons (Fsp3) is 0.375. The van der Waals surface area contributed by atoms with E-state index in [1.807, 2.05) is 50.4 Å². The summed E-state index contributed by atoms with van der Waals surface area (Å²) in [5, 5.41) is 5.83. The number of nitrogens with one attached hydrogen (secondary N) is 1. The van der Waals surface area contributed by atoms with Gasteiger partial charge in [-0.1, -0.05) is 0 Å². The number of ether oxygens (including phenoxy) is 1. The van der Waals surface area contributed by atoms with Gasteiger partial charge in [-0.2, -0.15) is 0 Å². The number of anilines is 1. The van der Waals surface area contributed by atoms with E-state index >= 15 is 0 Å². The van der Waals surface area contributed by atoms with Crippen LogP contribution in [0.5, 0.6) is 5.75 Å². The number of carbonyl (C=O) groups is 1. The zero-order chi connectivity index (χ0) is 16.1. The number of rotatable bonds is 5. The highest BCUT2D eigenvalue weighted by Crippen LogP contribution is 2.17. The maximum Gasteiger partial charge on any atom is 0.321 e. The Hall–Kier alpha value is -2.08. The number of carbonyl (C=O) groups excluding carboxylic acids is 1. The molecule has 0 saturated carbocycles. The molecular weight excluding hydrogens is 298 g/mol. The van der Waals surface area contributed by atoms with Crippen LogP contribution in [0.3, 0.4) is 0 Å². The first-order chi connectivity index (χ1) is 10.4. The van der Waals surface area contributed by atoms with Crippen LogP contribution >= 0.6 is 11.3 Å². The molecule has 0 aliphatic heterocycles. The van der Waals surface area contributed by atoms with Gasteiger partial charge in [0.05, 0.1) is 23.4 Å². The Morgan fingerprint density at radius 3 is 2.59 bits per heavy atom. The van der Waals surface area contributed by atoms with Gasteiger partial charge < -0.3 is 15.0 Å². The molecule has 1 aromatic carbocycles. The van der Waals surface area contributed by atoms with Crippen LogP contribution < -0.4 is 10.1 Å². The first-order valence-electron chi connectivity index (χ1n) is 7.14. The zero-order valence-electron chi connectivity index (χ0n) is 13.3. The SMILES string of the molecule is Cc1nc(CN(C)C(=O)Nc2ccc(OC(C)C)cc2)cs1. The summed E-state index contributed by atoms with van der Waals surface area (Å²) < 4.78 is 5.57. The standard InChI is InChI=1S/C16H21N3O2S/c1-11(2)21-15-7-5-13(6-8-15)18-16(20)19(4)9-14-10-22-12(3)17-14/h5-8,10-11H,9H2,1-4H3,(H,18,20). The van der Waals surface area contributed by atoms with Crippen molar-refractivity contribution in [3.05, 3.63) is 40.3 Å². The minimum absolute atomic E-state index is 0.133. The molecule has 0 atom stereocenters. The summed E-state index contributed by atoms with van der Waals surface area (Å²) in [6.07, 6.45) is 0.133. The van der Waals surface area contributed by atoms with Crippen LogP contribution in [0, 0.1) is 6.92 Å². The van der Waals surface area contributed by atoms with Crippen LogP contribution in [0.15, 0.2) is 29.6 Å². The molecule has 2 rings (SSSR count). The van der Waals surface area contributed by atoms with Gasteiger partial charge in [-0.05, 0) is 45.0 Å². The molecule has 5 nitrogen and oxygen atoms in total. The molecule has 0 spiro atoms. The van der Waals surface area contributed by atoms with Crippen molar-refractivity contribution in [1.29, 1.82) is 0 Å². The molecule has 1 N–H and O–H groups in total. The average Bonchev–Trinajstić information content (AvgIpc) is 2.85. The minimum Gasteiger partial charge on any atom is -0.491 e. The zero-order valence-corrected chi connectivity index (χ0v) is 14.1. The summed E-state index contributed by atoms with van der Waals surface area (Å²) in [6, 6.07) is 7.19. The van der Waals surface area contributed by atoms with Crippen LogP contribution in [0.4, 0.5) is 10.5 Å². The van der Waals surface area contributed by atoms with Gasteiger partial charge in [-0.15, -0.1) is 11.3 Å². The van der Waals surface area contributed by atoms with Crippen molar-refractivity contribution in [1.82, 2.24) is 9.88 Å². The highest BCUT2D eigenvalue weighted by atomic mass is 32.1. The Morgan fingerprint density at radius 2 is 2.05 bits per heavy atom. The Balaban J connectivity index is 1.90. The van der Waals surface area contributed by atoms with Gasteiger partial charge in [0.25, 0.3) is 0 Å². The van der Waals surface area contributed by atoms with E-state index < -0.39 is 0 Å². The lowest BCUT2D eigenvalue weighted by atomic mass is 10.3. The normalized spacial score (nSPS) is 10.6. The Bertz CT molecular complexity index is 623. The fourth-order valence-corrected chi connectivity index (χ4v) is 2.51. The van der Waals surface area contributed by atoms with E-state index in [9.17, 15) is 4.79 Å². The van der Waals surface area contributed by atoms with Crippen LogP contribution in [-0.4, -0.2) is 29.1 Å². The number of nitrogens with zero attached hydrogens (tertiary/aromatic N) is 2. The van der Waals surface area contributed by atoms with E-state index in [4.69, 9.17) is 4.74 Å². The van der Waals surface area contributed by atoms with E-state index in [1.54, 1.807) is 23.3 Å². The highest BCUT2D eigenvalue weighted by Gasteiger charge is 2.11. The van der Waals surface area contributed by atoms with E-state index in [1.165, 1.54) is 0 Å². The first kappa shape index (κ1) is 16.3. The van der Waals surface area contributed by atoms with Gasteiger partial charge in [0.15, 0.2) is 0 Å². The number of urea groups is 1. The van der Waals surface area contributed by atoms with E-state index in [0.717, 1.165) is 22.1 Å². The summed E-state index contributed by atoms with van der Waals surface area (Å²) in [5.74, 6) is 0.791. The maximum absolute atomic E-state index is 12.1. The Labute approximate surface area is 134 Å². The molecule has 2 amide bonds. The average molecular weight is 319 g/mol. The smallest absolute Gasteiger partial charge is 0.321 e. The molecule has 6 heteroatoms. The van der Waals surface area contributed by atoms with Gasteiger partial charge in [0, 0.05) is 18.1 Å². The molecule has 1 heterocycles. The minimum atomic E-state index is -0.164. The van der Waals surface area contributed by atoms with Gasteiger partial charge in [-0.25, -0.2) is 9.78 Å². The topological polar surface area (TPSA) is 54.5 Å². The van der Waals surface area contributed by atoms with Crippen molar-refractivity contribution in [3.8, 4) is 5.75 Å². The molecule has 0 fully saturated rings. The molecule has 2 aromatic rings. The summed E-state index contributed by atoms with van der Waals surface area (Å²) in [5.41, 5.74) is 1.64. The molecule has 0 saturated heterocycles. The number of hydrogen-bond donors (Lipinski definition) is 1. The molecule has 0 radical (unpaired) electrons. The number of hydrogen-bond acceptors (Lipinski definition) is 4. The lowest BCUT2D eigenvalue weighted by molar-refractivity contribution is 0.220. The van der Waals surface area contributed by atoms with Gasteiger partial charge >= 0.3 is 6.03 Å². The van der Waals surface area contributed by atoms with Gasteiger partial charge in [0.2, 0.25) is 0 Å². The lowest BCUT2D eigenvalue weighted by Gasteiger charge is -2.17. The van der Waals surface area contributed by atoms with E-state index in [2.05, 4.69) is 10.3 Å². The fourth-order valence-electron chi connectivity index (χ4n) is 1.90. The van der Waals surface area contributed by atoms with Crippen molar-refractivity contribution in [3.63, 3.8) is 0 Å². The molecule has 0 unspecified atom stereocenters. The van der Waals surface area contributed by atoms with Crippen LogP contribution in [-0.2, 0) is 6.54 Å². The van der Waals surface area contributed by atoms with Crippen LogP contribution in [0.1, 0.15) is 24.5 Å². The summed E-state index contributed by atoms with van der Waals surface area (Å²) in [4.78, 5) is 18.1.